The fourth-order valence-corrected chi connectivity index (χ4v) is 2.59. The van der Waals surface area contributed by atoms with Crippen LogP contribution in [0.3, 0.4) is 0 Å². The molecule has 0 saturated carbocycles. The van der Waals surface area contributed by atoms with Crippen molar-refractivity contribution in [2.45, 2.75) is 32.7 Å². The van der Waals surface area contributed by atoms with Crippen LogP contribution in [0.2, 0.25) is 0 Å². The van der Waals surface area contributed by atoms with Crippen LogP contribution in [-0.4, -0.2) is 24.4 Å². The first-order valence-corrected chi connectivity index (χ1v) is 9.04. The zero-order valence-electron chi connectivity index (χ0n) is 15.4. The molecular weight excluding hydrogens is 328 g/mol. The molecule has 0 bridgehead atoms. The number of amides is 2. The van der Waals surface area contributed by atoms with Crippen molar-refractivity contribution >= 4 is 11.7 Å². The van der Waals surface area contributed by atoms with Gasteiger partial charge in [0.1, 0.15) is 5.75 Å². The summed E-state index contributed by atoms with van der Waals surface area (Å²) < 4.78 is 5.74. The van der Waals surface area contributed by atoms with Gasteiger partial charge in [0.25, 0.3) is 0 Å². The van der Waals surface area contributed by atoms with Gasteiger partial charge in [-0.25, -0.2) is 4.79 Å². The maximum atomic E-state index is 12.2. The molecule has 5 nitrogen and oxygen atoms in total. The number of benzene rings is 2. The molecule has 2 aromatic carbocycles. The highest BCUT2D eigenvalue weighted by molar-refractivity contribution is 5.89. The standard InChI is InChI=1S/C21H28N2O3/c1-16(2)8-7-13-26-19-12-6-11-18(14-19)22-21(25)23-20(15-24)17-9-4-3-5-10-17/h3-6,9-12,14,16,20,24H,7-8,13,15H2,1-2H3,(H2,22,23,25). The smallest absolute Gasteiger partial charge is 0.319 e. The quantitative estimate of drug-likeness (QED) is 0.585. The van der Waals surface area contributed by atoms with Crippen molar-refractivity contribution in [3.05, 3.63) is 60.2 Å². The van der Waals surface area contributed by atoms with Crippen molar-refractivity contribution in [2.75, 3.05) is 18.5 Å². The highest BCUT2D eigenvalue weighted by Crippen LogP contribution is 2.18. The number of nitrogens with one attached hydrogen (secondary N) is 2. The Morgan fingerprint density at radius 3 is 2.58 bits per heavy atom. The number of carbonyl (C=O) groups is 1. The lowest BCUT2D eigenvalue weighted by Gasteiger charge is -2.17. The number of rotatable bonds is 9. The van der Waals surface area contributed by atoms with E-state index in [-0.39, 0.29) is 12.6 Å². The van der Waals surface area contributed by atoms with Gasteiger partial charge in [0.05, 0.1) is 19.3 Å². The molecule has 0 spiro atoms. The zero-order chi connectivity index (χ0) is 18.8. The van der Waals surface area contributed by atoms with E-state index in [0.29, 0.717) is 18.2 Å². The average molecular weight is 356 g/mol. The van der Waals surface area contributed by atoms with Crippen LogP contribution in [0.4, 0.5) is 10.5 Å². The number of aliphatic hydroxyl groups is 1. The third kappa shape index (κ3) is 6.76. The molecular formula is C21H28N2O3. The molecule has 2 rings (SSSR count). The maximum absolute atomic E-state index is 12.2. The second-order valence-corrected chi connectivity index (χ2v) is 6.66. The second kappa shape index (κ2) is 10.5. The summed E-state index contributed by atoms with van der Waals surface area (Å²) in [6.45, 7) is 4.88. The molecule has 0 fully saturated rings. The van der Waals surface area contributed by atoms with Gasteiger partial charge in [-0.15, -0.1) is 0 Å². The summed E-state index contributed by atoms with van der Waals surface area (Å²) >= 11 is 0. The number of aliphatic hydroxyl groups excluding tert-OH is 1. The van der Waals surface area contributed by atoms with E-state index in [1.807, 2.05) is 42.5 Å². The topological polar surface area (TPSA) is 70.6 Å². The fourth-order valence-electron chi connectivity index (χ4n) is 2.59. The first-order valence-electron chi connectivity index (χ1n) is 9.04. The molecule has 1 atom stereocenters. The predicted molar refractivity (Wildman–Crippen MR) is 104 cm³/mol. The van der Waals surface area contributed by atoms with Crippen LogP contribution in [0.1, 0.15) is 38.3 Å². The van der Waals surface area contributed by atoms with E-state index in [2.05, 4.69) is 24.5 Å². The summed E-state index contributed by atoms with van der Waals surface area (Å²) in [6, 6.07) is 15.9. The van der Waals surface area contributed by atoms with E-state index in [4.69, 9.17) is 4.74 Å². The molecule has 0 aliphatic rings. The Labute approximate surface area is 155 Å². The highest BCUT2D eigenvalue weighted by Gasteiger charge is 2.13. The van der Waals surface area contributed by atoms with Crippen LogP contribution in [0.25, 0.3) is 0 Å². The molecule has 0 aromatic heterocycles. The van der Waals surface area contributed by atoms with Gasteiger partial charge >= 0.3 is 6.03 Å². The van der Waals surface area contributed by atoms with E-state index in [1.54, 1.807) is 12.1 Å². The summed E-state index contributed by atoms with van der Waals surface area (Å²) in [5.74, 6) is 1.40. The Morgan fingerprint density at radius 1 is 1.12 bits per heavy atom. The molecule has 0 aliphatic carbocycles. The molecule has 26 heavy (non-hydrogen) atoms. The Hall–Kier alpha value is -2.53. The Kier molecular flexibility index (Phi) is 7.96. The number of ether oxygens (including phenoxy) is 1. The second-order valence-electron chi connectivity index (χ2n) is 6.66. The fraction of sp³-hybridized carbons (Fsp3) is 0.381. The van der Waals surface area contributed by atoms with Crippen LogP contribution in [0, 0.1) is 5.92 Å². The van der Waals surface area contributed by atoms with E-state index in [9.17, 15) is 9.90 Å². The third-order valence-electron chi connectivity index (χ3n) is 3.98. The van der Waals surface area contributed by atoms with Crippen LogP contribution in [0.15, 0.2) is 54.6 Å². The Morgan fingerprint density at radius 2 is 1.88 bits per heavy atom. The molecule has 0 radical (unpaired) electrons. The van der Waals surface area contributed by atoms with Gasteiger partial charge < -0.3 is 20.5 Å². The number of hydrogen-bond acceptors (Lipinski definition) is 3. The van der Waals surface area contributed by atoms with Crippen molar-refractivity contribution in [3.8, 4) is 5.75 Å². The van der Waals surface area contributed by atoms with Crippen molar-refractivity contribution in [1.29, 1.82) is 0 Å². The van der Waals surface area contributed by atoms with Crippen molar-refractivity contribution in [3.63, 3.8) is 0 Å². The molecule has 2 aromatic rings. The van der Waals surface area contributed by atoms with Crippen molar-refractivity contribution in [1.82, 2.24) is 5.32 Å². The lowest BCUT2D eigenvalue weighted by atomic mass is 10.1. The van der Waals surface area contributed by atoms with Crippen LogP contribution < -0.4 is 15.4 Å². The number of hydrogen-bond donors (Lipinski definition) is 3. The van der Waals surface area contributed by atoms with Gasteiger partial charge in [0, 0.05) is 11.8 Å². The highest BCUT2D eigenvalue weighted by atomic mass is 16.5. The summed E-state index contributed by atoms with van der Waals surface area (Å²) in [7, 11) is 0. The van der Waals surface area contributed by atoms with E-state index < -0.39 is 6.04 Å². The van der Waals surface area contributed by atoms with Gasteiger partial charge in [-0.3, -0.25) is 0 Å². The van der Waals surface area contributed by atoms with Crippen LogP contribution >= 0.6 is 0 Å². The average Bonchev–Trinajstić information content (AvgIpc) is 2.64. The first kappa shape index (κ1) is 19.8. The number of anilines is 1. The molecule has 3 N–H and O–H groups in total. The van der Waals surface area contributed by atoms with E-state index in [1.165, 1.54) is 0 Å². The molecule has 0 heterocycles. The van der Waals surface area contributed by atoms with Gasteiger partial charge in [-0.05, 0) is 36.5 Å². The zero-order valence-corrected chi connectivity index (χ0v) is 15.4. The predicted octanol–water partition coefficient (Wildman–Crippen LogP) is 4.36. The number of urea groups is 1. The van der Waals surface area contributed by atoms with Crippen LogP contribution in [0.5, 0.6) is 5.75 Å². The van der Waals surface area contributed by atoms with Gasteiger partial charge in [-0.1, -0.05) is 50.2 Å². The molecule has 140 valence electrons. The van der Waals surface area contributed by atoms with Crippen molar-refractivity contribution in [2.24, 2.45) is 5.92 Å². The van der Waals surface area contributed by atoms with Gasteiger partial charge in [0.15, 0.2) is 0 Å². The van der Waals surface area contributed by atoms with E-state index >= 15 is 0 Å². The lowest BCUT2D eigenvalue weighted by molar-refractivity contribution is 0.225. The SMILES string of the molecule is CC(C)CCCOc1cccc(NC(=O)NC(CO)c2ccccc2)c1. The van der Waals surface area contributed by atoms with Gasteiger partial charge in [0.2, 0.25) is 0 Å². The largest absolute Gasteiger partial charge is 0.494 e. The normalized spacial score (nSPS) is 11.8. The molecule has 0 aliphatic heterocycles. The maximum Gasteiger partial charge on any atom is 0.319 e. The minimum atomic E-state index is -0.452. The summed E-state index contributed by atoms with van der Waals surface area (Å²) in [5.41, 5.74) is 1.50. The summed E-state index contributed by atoms with van der Waals surface area (Å²) in [5, 5.41) is 15.1. The van der Waals surface area contributed by atoms with Crippen LogP contribution in [-0.2, 0) is 0 Å². The minimum Gasteiger partial charge on any atom is -0.494 e. The minimum absolute atomic E-state index is 0.170. The lowest BCUT2D eigenvalue weighted by Crippen LogP contribution is -2.34. The third-order valence-corrected chi connectivity index (χ3v) is 3.98. The van der Waals surface area contributed by atoms with E-state index in [0.717, 1.165) is 24.2 Å². The van der Waals surface area contributed by atoms with Crippen molar-refractivity contribution < 1.29 is 14.6 Å². The number of carbonyl (C=O) groups excluding carboxylic acids is 1. The molecule has 2 amide bonds. The summed E-state index contributed by atoms with van der Waals surface area (Å²) in [6.07, 6.45) is 2.13. The molecule has 0 saturated heterocycles. The molecule has 1 unspecified atom stereocenters. The Bertz CT molecular complexity index is 674. The first-order chi connectivity index (χ1) is 12.6. The monoisotopic (exact) mass is 356 g/mol. The van der Waals surface area contributed by atoms with Gasteiger partial charge in [-0.2, -0.15) is 0 Å². The Balaban J connectivity index is 1.87. The summed E-state index contributed by atoms with van der Waals surface area (Å²) in [4.78, 5) is 12.2. The molecule has 5 heteroatoms.